The number of aromatic nitrogens is 1. The van der Waals surface area contributed by atoms with Crippen molar-refractivity contribution >= 4 is 79.4 Å². The maximum atomic E-state index is 13.0. The zero-order valence-electron chi connectivity index (χ0n) is 14.4. The molecule has 2 N–H and O–H groups in total. The van der Waals surface area contributed by atoms with Crippen LogP contribution in [0.2, 0.25) is 0 Å². The fourth-order valence-electron chi connectivity index (χ4n) is 3.02. The molecule has 1 aromatic carbocycles. The molecule has 0 bridgehead atoms. The van der Waals surface area contributed by atoms with E-state index >= 15 is 0 Å². The van der Waals surface area contributed by atoms with Gasteiger partial charge in [0.15, 0.2) is 5.13 Å². The number of rotatable bonds is 2. The number of fused-ring (bicyclic) bond motifs is 2. The van der Waals surface area contributed by atoms with Gasteiger partial charge in [-0.1, -0.05) is 17.4 Å². The zero-order chi connectivity index (χ0) is 16.8. The van der Waals surface area contributed by atoms with Crippen LogP contribution in [-0.4, -0.2) is 31.5 Å². The van der Waals surface area contributed by atoms with Crippen LogP contribution in [0.1, 0.15) is 21.7 Å². The maximum Gasteiger partial charge on any atom is 0.268 e. The van der Waals surface area contributed by atoms with Gasteiger partial charge >= 0.3 is 0 Å². The van der Waals surface area contributed by atoms with E-state index in [0.29, 0.717) is 0 Å². The Bertz CT molecular complexity index is 907. The van der Waals surface area contributed by atoms with E-state index in [9.17, 15) is 4.79 Å². The molecule has 0 unspecified atom stereocenters. The van der Waals surface area contributed by atoms with Gasteiger partial charge < -0.3 is 15.5 Å². The monoisotopic (exact) mass is 430 g/mol. The molecule has 0 saturated carbocycles. The maximum absolute atomic E-state index is 13.0. The van der Waals surface area contributed by atoms with Crippen LogP contribution in [0.25, 0.3) is 9.53 Å². The smallest absolute Gasteiger partial charge is 0.268 e. The van der Waals surface area contributed by atoms with Crippen molar-refractivity contribution in [2.75, 3.05) is 36.2 Å². The number of carbonyl (C=O) groups is 1. The van der Waals surface area contributed by atoms with Crippen molar-refractivity contribution in [1.82, 2.24) is 4.98 Å². The second-order valence-corrected chi connectivity index (χ2v) is 8.12. The molecule has 3 heterocycles. The summed E-state index contributed by atoms with van der Waals surface area (Å²) in [5.41, 5.74) is 8.89. The van der Waals surface area contributed by atoms with Gasteiger partial charge in [0.25, 0.3) is 5.91 Å². The number of thiazole rings is 1. The molecule has 0 fully saturated rings. The van der Waals surface area contributed by atoms with Gasteiger partial charge in [-0.15, -0.1) is 36.2 Å². The number of anilines is 3. The summed E-state index contributed by atoms with van der Waals surface area (Å²) in [4.78, 5) is 23.1. The van der Waals surface area contributed by atoms with Crippen LogP contribution in [0.3, 0.4) is 0 Å². The van der Waals surface area contributed by atoms with Gasteiger partial charge in [-0.2, -0.15) is 0 Å². The molecule has 9 heteroatoms. The molecule has 0 spiro atoms. The summed E-state index contributed by atoms with van der Waals surface area (Å²) in [5.74, 6) is 0.0446. The molecular weight excluding hydrogens is 411 g/mol. The molecule has 1 aliphatic rings. The van der Waals surface area contributed by atoms with Gasteiger partial charge in [0.05, 0.1) is 9.58 Å². The molecule has 140 valence electrons. The van der Waals surface area contributed by atoms with Gasteiger partial charge in [0.2, 0.25) is 0 Å². The fourth-order valence-corrected chi connectivity index (χ4v) is 5.10. The zero-order valence-corrected chi connectivity index (χ0v) is 17.7. The molecule has 0 radical (unpaired) electrons. The van der Waals surface area contributed by atoms with Crippen molar-refractivity contribution in [3.05, 3.63) is 34.7 Å². The first-order chi connectivity index (χ1) is 11.5. The predicted octanol–water partition coefficient (Wildman–Crippen LogP) is 4.44. The Morgan fingerprint density at radius 2 is 2.04 bits per heavy atom. The van der Waals surface area contributed by atoms with Crippen LogP contribution < -0.4 is 15.5 Å². The number of nitrogen functional groups attached to an aromatic ring is 1. The molecule has 26 heavy (non-hydrogen) atoms. The lowest BCUT2D eigenvalue weighted by Gasteiger charge is -2.29. The van der Waals surface area contributed by atoms with E-state index < -0.39 is 0 Å². The van der Waals surface area contributed by atoms with E-state index in [-0.39, 0.29) is 30.7 Å². The lowest BCUT2D eigenvalue weighted by Crippen LogP contribution is -2.35. The van der Waals surface area contributed by atoms with Crippen molar-refractivity contribution < 1.29 is 4.79 Å². The number of amides is 1. The highest BCUT2D eigenvalue weighted by Crippen LogP contribution is 2.37. The van der Waals surface area contributed by atoms with E-state index in [0.717, 1.165) is 55.9 Å². The van der Waals surface area contributed by atoms with Crippen molar-refractivity contribution in [2.24, 2.45) is 0 Å². The average molecular weight is 431 g/mol. The largest absolute Gasteiger partial charge is 0.398 e. The van der Waals surface area contributed by atoms with Crippen molar-refractivity contribution in [1.29, 1.82) is 0 Å². The number of nitrogens with two attached hydrogens (primary N) is 1. The molecule has 0 saturated heterocycles. The number of carbonyl (C=O) groups excluding carboxylic acids is 1. The third-order valence-electron chi connectivity index (χ3n) is 4.20. The summed E-state index contributed by atoms with van der Waals surface area (Å²) < 4.78 is 1.07. The van der Waals surface area contributed by atoms with Crippen LogP contribution in [0.4, 0.5) is 16.5 Å². The minimum absolute atomic E-state index is 0. The Hall–Kier alpha value is -1.54. The highest BCUT2D eigenvalue weighted by Gasteiger charge is 2.26. The second-order valence-electron chi connectivity index (χ2n) is 6.08. The minimum Gasteiger partial charge on any atom is -0.398 e. The molecule has 2 aromatic heterocycles. The summed E-state index contributed by atoms with van der Waals surface area (Å²) in [6, 6.07) is 7.77. The van der Waals surface area contributed by atoms with Gasteiger partial charge in [0.1, 0.15) is 4.83 Å². The second kappa shape index (κ2) is 8.00. The van der Waals surface area contributed by atoms with Crippen molar-refractivity contribution in [3.63, 3.8) is 0 Å². The standard InChI is InChI=1S/C17H18N4OS2.2ClH/c1-20(2)17-19-15-13(24-17)9-14(23-15)16(22)21-8-4-5-10-11(18)6-3-7-12(10)21;;/h3,6-7,9H,4-5,8,18H2,1-2H3;2*1H. The number of hydrogen-bond acceptors (Lipinski definition) is 6. The number of nitrogens with zero attached hydrogens (tertiary/aromatic N) is 3. The summed E-state index contributed by atoms with van der Waals surface area (Å²) in [6.45, 7) is 0.733. The average Bonchev–Trinajstić information content (AvgIpc) is 3.13. The lowest BCUT2D eigenvalue weighted by atomic mass is 10.00. The van der Waals surface area contributed by atoms with E-state index in [2.05, 4.69) is 4.98 Å². The van der Waals surface area contributed by atoms with Crippen LogP contribution >= 0.6 is 47.5 Å². The Balaban J connectivity index is 0.00000121. The van der Waals surface area contributed by atoms with Crippen molar-refractivity contribution in [2.45, 2.75) is 12.8 Å². The molecule has 1 amide bonds. The quantitative estimate of drug-likeness (QED) is 0.610. The van der Waals surface area contributed by atoms with Crippen LogP contribution in [-0.2, 0) is 6.42 Å². The third-order valence-corrected chi connectivity index (χ3v) is 6.52. The van der Waals surface area contributed by atoms with Gasteiger partial charge in [0, 0.05) is 32.0 Å². The Labute approximate surface area is 172 Å². The van der Waals surface area contributed by atoms with Gasteiger partial charge in [-0.3, -0.25) is 4.79 Å². The number of halogens is 2. The number of benzene rings is 1. The van der Waals surface area contributed by atoms with Crippen LogP contribution in [0.15, 0.2) is 24.3 Å². The fraction of sp³-hybridized carbons (Fsp3) is 0.294. The highest BCUT2D eigenvalue weighted by atomic mass is 35.5. The van der Waals surface area contributed by atoms with E-state index in [1.807, 2.05) is 48.2 Å². The topological polar surface area (TPSA) is 62.5 Å². The van der Waals surface area contributed by atoms with E-state index in [1.165, 1.54) is 11.3 Å². The summed E-state index contributed by atoms with van der Waals surface area (Å²) >= 11 is 3.08. The molecule has 1 aliphatic heterocycles. The summed E-state index contributed by atoms with van der Waals surface area (Å²) in [5, 5.41) is 0.964. The normalized spacial score (nSPS) is 12.9. The minimum atomic E-state index is 0. The lowest BCUT2D eigenvalue weighted by molar-refractivity contribution is 0.0989. The molecule has 0 aliphatic carbocycles. The molecule has 5 nitrogen and oxygen atoms in total. The van der Waals surface area contributed by atoms with Crippen molar-refractivity contribution in [3.8, 4) is 0 Å². The van der Waals surface area contributed by atoms with Gasteiger partial charge in [-0.05, 0) is 36.6 Å². The van der Waals surface area contributed by atoms with Crippen LogP contribution in [0, 0.1) is 0 Å². The molecule has 0 atom stereocenters. The van der Waals surface area contributed by atoms with E-state index in [4.69, 9.17) is 5.73 Å². The molecule has 3 aromatic rings. The first kappa shape index (κ1) is 20.8. The SMILES string of the molecule is CN(C)c1nc2sc(C(=O)N3CCCc4c(N)cccc43)cc2s1.Cl.Cl. The highest BCUT2D eigenvalue weighted by molar-refractivity contribution is 7.29. The van der Waals surface area contributed by atoms with Crippen LogP contribution in [0.5, 0.6) is 0 Å². The molecular formula is C17H20Cl2N4OS2. The number of thiophene rings is 1. The first-order valence-corrected chi connectivity index (χ1v) is 9.45. The Kier molecular flexibility index (Phi) is 6.39. The Morgan fingerprint density at radius 3 is 2.73 bits per heavy atom. The summed E-state index contributed by atoms with van der Waals surface area (Å²) in [7, 11) is 3.95. The molecule has 4 rings (SSSR count). The third kappa shape index (κ3) is 3.49. The summed E-state index contributed by atoms with van der Waals surface area (Å²) in [6.07, 6.45) is 1.87. The number of hydrogen-bond donors (Lipinski definition) is 1. The van der Waals surface area contributed by atoms with E-state index in [1.54, 1.807) is 11.3 Å². The first-order valence-electron chi connectivity index (χ1n) is 7.81. The predicted molar refractivity (Wildman–Crippen MR) is 117 cm³/mol. The van der Waals surface area contributed by atoms with Gasteiger partial charge in [-0.25, -0.2) is 4.98 Å². The Morgan fingerprint density at radius 1 is 1.27 bits per heavy atom.